The number of benzene rings is 8. The first-order valence-electron chi connectivity index (χ1n) is 19.4. The van der Waals surface area contributed by atoms with Crippen LogP contribution in [0.3, 0.4) is 0 Å². The van der Waals surface area contributed by atoms with Crippen molar-refractivity contribution >= 4 is 43.4 Å². The van der Waals surface area contributed by atoms with Crippen LogP contribution in [0.25, 0.3) is 117 Å². The molecule has 8 aromatic carbocycles. The molecule has 4 heterocycles. The molecule has 0 amide bonds. The lowest BCUT2D eigenvalue weighted by Gasteiger charge is -2.18. The molecule has 1 aliphatic heterocycles. The van der Waals surface area contributed by atoms with Crippen molar-refractivity contribution in [3.05, 3.63) is 194 Å². The van der Waals surface area contributed by atoms with Crippen molar-refractivity contribution in [3.8, 4) is 73.2 Å². The van der Waals surface area contributed by atoms with Crippen LogP contribution in [-0.2, 0) is 0 Å². The fourth-order valence-corrected chi connectivity index (χ4v) is 8.97. The number of nitrogens with zero attached hydrogens (tertiary/aromatic N) is 4. The van der Waals surface area contributed by atoms with Gasteiger partial charge in [-0.15, -0.1) is 0 Å². The van der Waals surface area contributed by atoms with Crippen molar-refractivity contribution in [2.45, 2.75) is 0 Å². The summed E-state index contributed by atoms with van der Waals surface area (Å²) in [7, 11) is 0. The predicted molar refractivity (Wildman–Crippen MR) is 235 cm³/mol. The van der Waals surface area contributed by atoms with Gasteiger partial charge in [0.25, 0.3) is 0 Å². The van der Waals surface area contributed by atoms with E-state index in [1.807, 2.05) is 24.3 Å². The van der Waals surface area contributed by atoms with Crippen LogP contribution >= 0.6 is 0 Å². The third-order valence-corrected chi connectivity index (χ3v) is 11.5. The summed E-state index contributed by atoms with van der Waals surface area (Å²) in [6, 6.07) is 69.0. The van der Waals surface area contributed by atoms with E-state index in [4.69, 9.17) is 15.0 Å². The Bertz CT molecular complexity index is 3330. The fraction of sp³-hybridized carbons (Fsp3) is 0. The molecule has 11 aromatic rings. The second-order valence-corrected chi connectivity index (χ2v) is 14.7. The maximum atomic E-state index is 5.71. The summed E-state index contributed by atoms with van der Waals surface area (Å²) in [6.45, 7) is 0. The minimum Gasteiger partial charge on any atom is -0.293 e. The standard InChI is InChI=1S/C53H32N4/c1-4-16-33(17-5-1)45-32-46(55-52(54-45)35-20-8-3-9-21-35)37-28-29-41-43(31-37)48-38-23-11-10-22-36(38)30-44-39-24-14-15-27-47(39)57(51(44)48)53-49(41)40-25-12-13-26-42(40)50(56-53)34-18-6-2-7-19-34/h1-32H. The molecule has 0 radical (unpaired) electrons. The molecule has 1 aliphatic rings. The molecule has 4 nitrogen and oxygen atoms in total. The van der Waals surface area contributed by atoms with Crippen LogP contribution in [0.4, 0.5) is 0 Å². The average Bonchev–Trinajstić information content (AvgIpc) is 3.54. The molecule has 0 aliphatic carbocycles. The topological polar surface area (TPSA) is 43.6 Å². The van der Waals surface area contributed by atoms with Crippen LogP contribution in [0.5, 0.6) is 0 Å². The van der Waals surface area contributed by atoms with E-state index >= 15 is 0 Å². The molecule has 264 valence electrons. The van der Waals surface area contributed by atoms with Gasteiger partial charge in [0.1, 0.15) is 5.82 Å². The van der Waals surface area contributed by atoms with Crippen molar-refractivity contribution in [1.29, 1.82) is 0 Å². The first-order valence-corrected chi connectivity index (χ1v) is 19.4. The van der Waals surface area contributed by atoms with E-state index in [2.05, 4.69) is 174 Å². The van der Waals surface area contributed by atoms with E-state index in [9.17, 15) is 0 Å². The monoisotopic (exact) mass is 724 g/mol. The fourth-order valence-electron chi connectivity index (χ4n) is 8.97. The molecule has 3 aromatic heterocycles. The van der Waals surface area contributed by atoms with Crippen LogP contribution in [0.15, 0.2) is 194 Å². The molecule has 0 saturated heterocycles. The summed E-state index contributed by atoms with van der Waals surface area (Å²) in [6.07, 6.45) is 0. The zero-order valence-corrected chi connectivity index (χ0v) is 30.8. The smallest absolute Gasteiger partial charge is 0.160 e. The number of hydrogen-bond acceptors (Lipinski definition) is 3. The Labute approximate surface area is 329 Å². The molecule has 4 heteroatoms. The van der Waals surface area contributed by atoms with Gasteiger partial charge in [-0.2, -0.15) is 0 Å². The molecule has 0 N–H and O–H groups in total. The molecule has 57 heavy (non-hydrogen) atoms. The first kappa shape index (κ1) is 31.6. The quantitative estimate of drug-likeness (QED) is 0.181. The van der Waals surface area contributed by atoms with Crippen molar-refractivity contribution < 1.29 is 0 Å². The van der Waals surface area contributed by atoms with Crippen molar-refractivity contribution in [2.75, 3.05) is 0 Å². The van der Waals surface area contributed by atoms with Crippen LogP contribution in [0.2, 0.25) is 0 Å². The highest BCUT2D eigenvalue weighted by Crippen LogP contribution is 2.52. The number of rotatable bonds is 4. The van der Waals surface area contributed by atoms with E-state index in [-0.39, 0.29) is 0 Å². The van der Waals surface area contributed by atoms with E-state index in [0.29, 0.717) is 5.82 Å². The molecule has 0 saturated carbocycles. The van der Waals surface area contributed by atoms with Crippen LogP contribution in [0, 0.1) is 0 Å². The van der Waals surface area contributed by atoms with Crippen molar-refractivity contribution in [3.63, 3.8) is 0 Å². The van der Waals surface area contributed by atoms with Gasteiger partial charge in [0.05, 0.1) is 28.1 Å². The Hall–Kier alpha value is -7.69. The molecular weight excluding hydrogens is 693 g/mol. The molecule has 0 spiro atoms. The summed E-state index contributed by atoms with van der Waals surface area (Å²) < 4.78 is 2.44. The van der Waals surface area contributed by atoms with Crippen LogP contribution in [-0.4, -0.2) is 19.5 Å². The van der Waals surface area contributed by atoms with Gasteiger partial charge in [-0.25, -0.2) is 15.0 Å². The van der Waals surface area contributed by atoms with Crippen molar-refractivity contribution in [2.24, 2.45) is 0 Å². The highest BCUT2D eigenvalue weighted by Gasteiger charge is 2.30. The minimum absolute atomic E-state index is 0.698. The van der Waals surface area contributed by atoms with Crippen LogP contribution < -0.4 is 0 Å². The molecule has 0 atom stereocenters. The Kier molecular flexibility index (Phi) is 6.89. The third-order valence-electron chi connectivity index (χ3n) is 11.5. The maximum absolute atomic E-state index is 5.71. The Morgan fingerprint density at radius 2 is 0.947 bits per heavy atom. The van der Waals surface area contributed by atoms with Gasteiger partial charge in [0, 0.05) is 49.5 Å². The highest BCUT2D eigenvalue weighted by molar-refractivity contribution is 6.25. The molecular formula is C53H32N4. The lowest BCUT2D eigenvalue weighted by atomic mass is 9.87. The first-order chi connectivity index (χ1) is 28.3. The molecule has 12 rings (SSSR count). The average molecular weight is 725 g/mol. The van der Waals surface area contributed by atoms with E-state index in [0.717, 1.165) is 83.6 Å². The minimum atomic E-state index is 0.698. The molecule has 0 fully saturated rings. The zero-order chi connectivity index (χ0) is 37.5. The SMILES string of the molecule is c1ccc(-c2cc(-c3ccc4c(c3)-c3c5ccccc5cc5c6ccccc6n(c35)-c3nc(-c5ccccc5)c5ccccc5c3-4)nc(-c3ccccc3)n2)cc1. The normalized spacial score (nSPS) is 11.9. The van der Waals surface area contributed by atoms with Gasteiger partial charge in [-0.05, 0) is 51.6 Å². The summed E-state index contributed by atoms with van der Waals surface area (Å²) in [5.74, 6) is 1.63. The van der Waals surface area contributed by atoms with Gasteiger partial charge in [-0.1, -0.05) is 170 Å². The van der Waals surface area contributed by atoms with Gasteiger partial charge >= 0.3 is 0 Å². The summed E-state index contributed by atoms with van der Waals surface area (Å²) >= 11 is 0. The summed E-state index contributed by atoms with van der Waals surface area (Å²) in [5.41, 5.74) is 13.8. The van der Waals surface area contributed by atoms with Crippen LogP contribution in [0.1, 0.15) is 0 Å². The van der Waals surface area contributed by atoms with Crippen molar-refractivity contribution in [1.82, 2.24) is 19.5 Å². The van der Waals surface area contributed by atoms with Gasteiger partial charge in [-0.3, -0.25) is 4.57 Å². The Morgan fingerprint density at radius 1 is 0.351 bits per heavy atom. The number of hydrogen-bond donors (Lipinski definition) is 0. The number of fused-ring (bicyclic) bond motifs is 12. The zero-order valence-electron chi connectivity index (χ0n) is 30.8. The Balaban J connectivity index is 1.24. The number of aromatic nitrogens is 4. The summed E-state index contributed by atoms with van der Waals surface area (Å²) in [4.78, 5) is 16.1. The second-order valence-electron chi connectivity index (χ2n) is 14.7. The van der Waals surface area contributed by atoms with E-state index in [1.165, 1.54) is 27.1 Å². The number of para-hydroxylation sites is 1. The maximum Gasteiger partial charge on any atom is 0.160 e. The largest absolute Gasteiger partial charge is 0.293 e. The van der Waals surface area contributed by atoms with Gasteiger partial charge < -0.3 is 0 Å². The van der Waals surface area contributed by atoms with Gasteiger partial charge in [0.2, 0.25) is 0 Å². The lowest BCUT2D eigenvalue weighted by molar-refractivity contribution is 1.10. The predicted octanol–water partition coefficient (Wildman–Crippen LogP) is 13.6. The van der Waals surface area contributed by atoms with Gasteiger partial charge in [0.15, 0.2) is 5.82 Å². The Morgan fingerprint density at radius 3 is 1.70 bits per heavy atom. The van der Waals surface area contributed by atoms with E-state index < -0.39 is 0 Å². The summed E-state index contributed by atoms with van der Waals surface area (Å²) in [5, 5.41) is 7.10. The number of pyridine rings is 1. The molecule has 0 bridgehead atoms. The third kappa shape index (κ3) is 4.84. The van der Waals surface area contributed by atoms with E-state index in [1.54, 1.807) is 0 Å². The molecule has 0 unspecified atom stereocenters. The second kappa shape index (κ2) is 12.4. The highest BCUT2D eigenvalue weighted by atomic mass is 15.1. The lowest BCUT2D eigenvalue weighted by Crippen LogP contribution is -2.02.